The first-order valence-corrected chi connectivity index (χ1v) is 11.0. The highest BCUT2D eigenvalue weighted by Gasteiger charge is 2.20. The molecule has 1 heterocycles. The number of aromatic nitrogens is 1. The second-order valence-corrected chi connectivity index (χ2v) is 9.06. The van der Waals surface area contributed by atoms with Crippen LogP contribution in [-0.4, -0.2) is 43.8 Å². The minimum Gasteiger partial charge on any atom is -0.340 e. The van der Waals surface area contributed by atoms with Gasteiger partial charge in [-0.15, -0.1) is 11.8 Å². The van der Waals surface area contributed by atoms with Crippen molar-refractivity contribution in [3.05, 3.63) is 53.6 Å². The minimum atomic E-state index is 0.0859. The molecular formula is C20H23ClN3OS2+. The van der Waals surface area contributed by atoms with Gasteiger partial charge in [-0.1, -0.05) is 41.1 Å². The summed E-state index contributed by atoms with van der Waals surface area (Å²) in [5, 5.41) is 1.44. The van der Waals surface area contributed by atoms with Crippen molar-refractivity contribution in [2.45, 2.75) is 11.3 Å². The number of nitrogens with zero attached hydrogens (tertiary/aromatic N) is 2. The van der Waals surface area contributed by atoms with Crippen molar-refractivity contribution >= 4 is 56.0 Å². The summed E-state index contributed by atoms with van der Waals surface area (Å²) in [7, 11) is 4.24. The predicted octanol–water partition coefficient (Wildman–Crippen LogP) is 3.61. The maximum Gasteiger partial charge on any atom is 0.239 e. The Morgan fingerprint density at radius 3 is 2.74 bits per heavy atom. The second-order valence-electron chi connectivity index (χ2n) is 6.57. The Bertz CT molecular complexity index is 899. The zero-order valence-electron chi connectivity index (χ0n) is 15.4. The Morgan fingerprint density at radius 2 is 2.00 bits per heavy atom. The molecule has 3 rings (SSSR count). The van der Waals surface area contributed by atoms with E-state index in [0.29, 0.717) is 17.3 Å². The third-order valence-electron chi connectivity index (χ3n) is 4.04. The summed E-state index contributed by atoms with van der Waals surface area (Å²) in [4.78, 5) is 22.0. The van der Waals surface area contributed by atoms with E-state index < -0.39 is 0 Å². The van der Waals surface area contributed by atoms with Crippen molar-refractivity contribution < 1.29 is 9.69 Å². The highest BCUT2D eigenvalue weighted by Crippen LogP contribution is 2.31. The van der Waals surface area contributed by atoms with Gasteiger partial charge in [0.15, 0.2) is 5.13 Å². The van der Waals surface area contributed by atoms with Gasteiger partial charge in [-0.25, -0.2) is 4.98 Å². The summed E-state index contributed by atoms with van der Waals surface area (Å²) in [6.45, 7) is 1.68. The lowest BCUT2D eigenvalue weighted by Gasteiger charge is -2.20. The maximum atomic E-state index is 13.0. The van der Waals surface area contributed by atoms with Crippen LogP contribution < -0.4 is 9.80 Å². The van der Waals surface area contributed by atoms with Crippen LogP contribution in [0.25, 0.3) is 10.2 Å². The van der Waals surface area contributed by atoms with Gasteiger partial charge in [0.25, 0.3) is 0 Å². The SMILES string of the molecule is C[NH+](C)CCCN(C(=O)CSc1ccccc1)c1nc2ccc(Cl)cc2s1. The van der Waals surface area contributed by atoms with Crippen molar-refractivity contribution in [2.75, 3.05) is 37.8 Å². The number of benzene rings is 2. The van der Waals surface area contributed by atoms with Crippen LogP contribution >= 0.6 is 34.7 Å². The number of hydrogen-bond acceptors (Lipinski definition) is 4. The van der Waals surface area contributed by atoms with Crippen molar-refractivity contribution in [1.29, 1.82) is 0 Å². The van der Waals surface area contributed by atoms with E-state index in [1.165, 1.54) is 16.2 Å². The van der Waals surface area contributed by atoms with E-state index in [4.69, 9.17) is 11.6 Å². The first kappa shape index (κ1) is 20.1. The van der Waals surface area contributed by atoms with Gasteiger partial charge in [-0.05, 0) is 30.3 Å². The molecule has 27 heavy (non-hydrogen) atoms. The van der Waals surface area contributed by atoms with E-state index in [1.807, 2.05) is 53.4 Å². The smallest absolute Gasteiger partial charge is 0.239 e. The summed E-state index contributed by atoms with van der Waals surface area (Å²) < 4.78 is 1.00. The summed E-state index contributed by atoms with van der Waals surface area (Å²) in [6, 6.07) is 15.7. The predicted molar refractivity (Wildman–Crippen MR) is 116 cm³/mol. The molecular weight excluding hydrogens is 398 g/mol. The highest BCUT2D eigenvalue weighted by atomic mass is 35.5. The van der Waals surface area contributed by atoms with Gasteiger partial charge in [0, 0.05) is 22.9 Å². The maximum absolute atomic E-state index is 13.0. The van der Waals surface area contributed by atoms with Crippen LogP contribution in [0.1, 0.15) is 6.42 Å². The van der Waals surface area contributed by atoms with E-state index in [2.05, 4.69) is 19.1 Å². The van der Waals surface area contributed by atoms with Gasteiger partial charge in [0.05, 0.1) is 36.6 Å². The number of fused-ring (bicyclic) bond motifs is 1. The number of anilines is 1. The topological polar surface area (TPSA) is 37.6 Å². The molecule has 0 bridgehead atoms. The second kappa shape index (κ2) is 9.55. The Morgan fingerprint density at radius 1 is 1.22 bits per heavy atom. The number of rotatable bonds is 8. The average Bonchev–Trinajstić information content (AvgIpc) is 3.06. The molecule has 0 saturated heterocycles. The molecule has 1 N–H and O–H groups in total. The molecule has 2 aromatic carbocycles. The van der Waals surface area contributed by atoms with Gasteiger partial charge in [0.1, 0.15) is 0 Å². The number of thiazole rings is 1. The van der Waals surface area contributed by atoms with Crippen LogP contribution in [0.3, 0.4) is 0 Å². The number of hydrogen-bond donors (Lipinski definition) is 1. The van der Waals surface area contributed by atoms with Crippen molar-refractivity contribution in [3.63, 3.8) is 0 Å². The zero-order chi connectivity index (χ0) is 19.2. The molecule has 0 radical (unpaired) electrons. The average molecular weight is 421 g/mol. The van der Waals surface area contributed by atoms with E-state index in [1.54, 1.807) is 11.8 Å². The lowest BCUT2D eigenvalue weighted by Crippen LogP contribution is -3.05. The molecule has 0 unspecified atom stereocenters. The molecule has 0 fully saturated rings. The van der Waals surface area contributed by atoms with Gasteiger partial charge < -0.3 is 4.90 Å². The molecule has 0 atom stereocenters. The quantitative estimate of drug-likeness (QED) is 0.565. The Kier molecular flexibility index (Phi) is 7.13. The van der Waals surface area contributed by atoms with Crippen molar-refractivity contribution in [2.24, 2.45) is 0 Å². The Hall–Kier alpha value is -1.60. The largest absolute Gasteiger partial charge is 0.340 e. The molecule has 7 heteroatoms. The highest BCUT2D eigenvalue weighted by molar-refractivity contribution is 8.00. The van der Waals surface area contributed by atoms with Crippen molar-refractivity contribution in [3.8, 4) is 0 Å². The summed E-state index contributed by atoms with van der Waals surface area (Å²) in [5.74, 6) is 0.484. The number of halogens is 1. The molecule has 0 aliphatic heterocycles. The molecule has 1 aromatic heterocycles. The number of nitrogens with one attached hydrogen (secondary N) is 1. The summed E-state index contributed by atoms with van der Waals surface area (Å²) in [6.07, 6.45) is 0.931. The van der Waals surface area contributed by atoms with E-state index in [0.717, 1.165) is 33.2 Å². The van der Waals surface area contributed by atoms with Crippen LogP contribution in [0, 0.1) is 0 Å². The van der Waals surface area contributed by atoms with Gasteiger partial charge in [0.2, 0.25) is 5.91 Å². The lowest BCUT2D eigenvalue weighted by atomic mass is 10.3. The number of thioether (sulfide) groups is 1. The molecule has 3 aromatic rings. The Balaban J connectivity index is 1.77. The summed E-state index contributed by atoms with van der Waals surface area (Å²) >= 11 is 9.18. The van der Waals surface area contributed by atoms with Crippen LogP contribution in [-0.2, 0) is 4.79 Å². The number of carbonyl (C=O) groups is 1. The molecule has 0 aliphatic rings. The van der Waals surface area contributed by atoms with Crippen LogP contribution in [0.15, 0.2) is 53.4 Å². The standard InChI is InChI=1S/C20H22ClN3OS2/c1-23(2)11-6-12-24(19(25)14-26-16-7-4-3-5-8-16)20-22-17-10-9-15(21)13-18(17)27-20/h3-5,7-10,13H,6,11-12,14H2,1-2H3/p+1. The first-order valence-electron chi connectivity index (χ1n) is 8.86. The Labute approximate surface area is 173 Å². The molecule has 1 amide bonds. The van der Waals surface area contributed by atoms with Crippen LogP contribution in [0.4, 0.5) is 5.13 Å². The van der Waals surface area contributed by atoms with Crippen molar-refractivity contribution in [1.82, 2.24) is 4.98 Å². The van der Waals surface area contributed by atoms with Gasteiger partial charge >= 0.3 is 0 Å². The van der Waals surface area contributed by atoms with E-state index in [-0.39, 0.29) is 5.91 Å². The molecule has 0 saturated carbocycles. The number of carbonyl (C=O) groups excluding carboxylic acids is 1. The molecule has 142 valence electrons. The van der Waals surface area contributed by atoms with E-state index in [9.17, 15) is 4.79 Å². The van der Waals surface area contributed by atoms with E-state index >= 15 is 0 Å². The van der Waals surface area contributed by atoms with Crippen LogP contribution in [0.5, 0.6) is 0 Å². The fourth-order valence-corrected chi connectivity index (χ4v) is 4.74. The van der Waals surface area contributed by atoms with Gasteiger partial charge in [-0.3, -0.25) is 9.69 Å². The van der Waals surface area contributed by atoms with Crippen LogP contribution in [0.2, 0.25) is 5.02 Å². The third kappa shape index (κ3) is 5.69. The zero-order valence-corrected chi connectivity index (χ0v) is 17.8. The normalized spacial score (nSPS) is 11.3. The summed E-state index contributed by atoms with van der Waals surface area (Å²) in [5.41, 5.74) is 0.881. The van der Waals surface area contributed by atoms with Gasteiger partial charge in [-0.2, -0.15) is 0 Å². The fraction of sp³-hybridized carbons (Fsp3) is 0.300. The molecule has 0 aliphatic carbocycles. The minimum absolute atomic E-state index is 0.0859. The third-order valence-corrected chi connectivity index (χ3v) is 6.31. The lowest BCUT2D eigenvalue weighted by molar-refractivity contribution is -0.858. The number of amides is 1. The number of quaternary nitrogens is 1. The molecule has 0 spiro atoms. The monoisotopic (exact) mass is 420 g/mol. The fourth-order valence-electron chi connectivity index (χ4n) is 2.66. The molecule has 4 nitrogen and oxygen atoms in total. The first-order chi connectivity index (χ1) is 13.0.